The van der Waals surface area contributed by atoms with Gasteiger partial charge in [-0.2, -0.15) is 5.26 Å². The number of benzene rings is 1. The molecule has 0 spiro atoms. The van der Waals surface area contributed by atoms with E-state index in [0.717, 1.165) is 22.8 Å². The van der Waals surface area contributed by atoms with Crippen molar-refractivity contribution in [2.75, 3.05) is 7.11 Å². The summed E-state index contributed by atoms with van der Waals surface area (Å²) >= 11 is 0. The van der Waals surface area contributed by atoms with Gasteiger partial charge in [-0.25, -0.2) is 4.98 Å². The van der Waals surface area contributed by atoms with Crippen LogP contribution < -0.4 is 4.74 Å². The Morgan fingerprint density at radius 1 is 1.26 bits per heavy atom. The summed E-state index contributed by atoms with van der Waals surface area (Å²) in [4.78, 5) is 7.54. The van der Waals surface area contributed by atoms with Gasteiger partial charge in [0.15, 0.2) is 0 Å². The number of hydrogen-bond donors (Lipinski definition) is 1. The second-order valence-electron chi connectivity index (χ2n) is 4.76. The predicted octanol–water partition coefficient (Wildman–Crippen LogP) is 3.35. The van der Waals surface area contributed by atoms with Crippen LogP contribution in [0.25, 0.3) is 11.3 Å². The van der Waals surface area contributed by atoms with Crippen molar-refractivity contribution < 1.29 is 4.74 Å². The highest BCUT2D eigenvalue weighted by Gasteiger charge is 2.18. The number of aromatic amines is 1. The second-order valence-corrected chi connectivity index (χ2v) is 4.76. The molecule has 2 rings (SSSR count). The van der Waals surface area contributed by atoms with Crippen molar-refractivity contribution in [2.24, 2.45) is 5.92 Å². The Bertz CT molecular complexity index is 578. The van der Waals surface area contributed by atoms with Crippen LogP contribution in [0.1, 0.15) is 25.6 Å². The van der Waals surface area contributed by atoms with Crippen LogP contribution in [0.3, 0.4) is 0 Å². The summed E-state index contributed by atoms with van der Waals surface area (Å²) in [6.45, 7) is 4.03. The maximum Gasteiger partial charge on any atom is 0.124 e. The summed E-state index contributed by atoms with van der Waals surface area (Å²) in [5.74, 6) is 1.58. The lowest BCUT2D eigenvalue weighted by molar-refractivity contribution is 0.415. The van der Waals surface area contributed by atoms with Gasteiger partial charge in [0.05, 0.1) is 25.1 Å². The molecule has 19 heavy (non-hydrogen) atoms. The Morgan fingerprint density at radius 3 is 2.47 bits per heavy atom. The van der Waals surface area contributed by atoms with E-state index in [2.05, 4.69) is 16.0 Å². The van der Waals surface area contributed by atoms with E-state index in [-0.39, 0.29) is 11.8 Å². The first kappa shape index (κ1) is 13.2. The van der Waals surface area contributed by atoms with Gasteiger partial charge in [0.2, 0.25) is 0 Å². The number of methoxy groups -OCH3 is 1. The molecule has 0 saturated heterocycles. The van der Waals surface area contributed by atoms with E-state index < -0.39 is 0 Å². The highest BCUT2D eigenvalue weighted by atomic mass is 16.5. The molecular weight excluding hydrogens is 238 g/mol. The van der Waals surface area contributed by atoms with Gasteiger partial charge in [-0.05, 0) is 35.7 Å². The molecule has 1 aromatic heterocycles. The molecular formula is C15H17N3O. The first-order valence-electron chi connectivity index (χ1n) is 6.24. The Kier molecular flexibility index (Phi) is 3.86. The molecule has 0 aliphatic rings. The Balaban J connectivity index is 2.27. The third-order valence-electron chi connectivity index (χ3n) is 3.10. The highest BCUT2D eigenvalue weighted by Crippen LogP contribution is 2.25. The summed E-state index contributed by atoms with van der Waals surface area (Å²) in [6, 6.07) is 10.0. The number of nitrogens with zero attached hydrogens (tertiary/aromatic N) is 2. The minimum Gasteiger partial charge on any atom is -0.497 e. The molecule has 0 fully saturated rings. The first-order valence-corrected chi connectivity index (χ1v) is 6.24. The molecule has 2 aromatic rings. The lowest BCUT2D eigenvalue weighted by Gasteiger charge is -2.09. The number of ether oxygens (including phenoxy) is 1. The normalized spacial score (nSPS) is 12.2. The van der Waals surface area contributed by atoms with E-state index in [1.54, 1.807) is 13.3 Å². The zero-order chi connectivity index (χ0) is 13.8. The maximum atomic E-state index is 9.17. The van der Waals surface area contributed by atoms with Crippen LogP contribution in [0.4, 0.5) is 0 Å². The Morgan fingerprint density at radius 2 is 1.95 bits per heavy atom. The van der Waals surface area contributed by atoms with Gasteiger partial charge in [0.1, 0.15) is 17.5 Å². The van der Waals surface area contributed by atoms with Crippen LogP contribution in [0.5, 0.6) is 5.75 Å². The monoisotopic (exact) mass is 255 g/mol. The number of hydrogen-bond acceptors (Lipinski definition) is 3. The van der Waals surface area contributed by atoms with E-state index in [9.17, 15) is 5.26 Å². The molecule has 0 saturated carbocycles. The van der Waals surface area contributed by atoms with Crippen LogP contribution in [-0.4, -0.2) is 17.1 Å². The molecule has 1 heterocycles. The van der Waals surface area contributed by atoms with E-state index in [1.165, 1.54) is 0 Å². The fourth-order valence-corrected chi connectivity index (χ4v) is 1.94. The SMILES string of the molecule is COc1ccc(-c2cnc(C(C#N)C(C)C)[nH]2)cc1. The topological polar surface area (TPSA) is 61.7 Å². The van der Waals surface area contributed by atoms with Crippen LogP contribution in [0, 0.1) is 17.2 Å². The van der Waals surface area contributed by atoms with Crippen molar-refractivity contribution in [3.05, 3.63) is 36.3 Å². The fraction of sp³-hybridized carbons (Fsp3) is 0.333. The number of aromatic nitrogens is 2. The number of nitrogens with one attached hydrogen (secondary N) is 1. The zero-order valence-electron chi connectivity index (χ0n) is 11.3. The molecule has 0 aliphatic carbocycles. The van der Waals surface area contributed by atoms with Gasteiger partial charge in [0, 0.05) is 0 Å². The van der Waals surface area contributed by atoms with Gasteiger partial charge in [-0.1, -0.05) is 13.8 Å². The quantitative estimate of drug-likeness (QED) is 0.911. The van der Waals surface area contributed by atoms with E-state index >= 15 is 0 Å². The third kappa shape index (κ3) is 2.76. The molecule has 4 heteroatoms. The molecule has 4 nitrogen and oxygen atoms in total. The van der Waals surface area contributed by atoms with Gasteiger partial charge in [-0.15, -0.1) is 0 Å². The van der Waals surface area contributed by atoms with Crippen molar-refractivity contribution in [3.8, 4) is 23.1 Å². The smallest absolute Gasteiger partial charge is 0.124 e. The molecule has 0 aliphatic heterocycles. The van der Waals surface area contributed by atoms with Crippen LogP contribution in [-0.2, 0) is 0 Å². The van der Waals surface area contributed by atoms with Gasteiger partial charge in [-0.3, -0.25) is 0 Å². The van der Waals surface area contributed by atoms with Crippen molar-refractivity contribution in [2.45, 2.75) is 19.8 Å². The third-order valence-corrected chi connectivity index (χ3v) is 3.10. The lowest BCUT2D eigenvalue weighted by atomic mass is 9.97. The minimum atomic E-state index is -0.202. The van der Waals surface area contributed by atoms with Crippen LogP contribution in [0.2, 0.25) is 0 Å². The van der Waals surface area contributed by atoms with Crippen molar-refractivity contribution >= 4 is 0 Å². The molecule has 0 bridgehead atoms. The number of H-pyrrole nitrogens is 1. The second kappa shape index (κ2) is 5.57. The summed E-state index contributed by atoms with van der Waals surface area (Å²) in [6.07, 6.45) is 1.77. The summed E-state index contributed by atoms with van der Waals surface area (Å²) in [5.41, 5.74) is 1.94. The molecule has 1 N–H and O–H groups in total. The Labute approximate surface area is 113 Å². The molecule has 1 aromatic carbocycles. The van der Waals surface area contributed by atoms with Crippen molar-refractivity contribution in [3.63, 3.8) is 0 Å². The zero-order valence-corrected chi connectivity index (χ0v) is 11.3. The first-order chi connectivity index (χ1) is 9.15. The van der Waals surface area contributed by atoms with E-state index in [4.69, 9.17) is 4.74 Å². The van der Waals surface area contributed by atoms with Gasteiger partial charge in [0.25, 0.3) is 0 Å². The van der Waals surface area contributed by atoms with Crippen LogP contribution in [0.15, 0.2) is 30.5 Å². The number of rotatable bonds is 4. The summed E-state index contributed by atoms with van der Waals surface area (Å²) in [7, 11) is 1.64. The molecule has 98 valence electrons. The number of nitriles is 1. The maximum absolute atomic E-state index is 9.17. The molecule has 1 unspecified atom stereocenters. The largest absolute Gasteiger partial charge is 0.497 e. The predicted molar refractivity (Wildman–Crippen MR) is 73.8 cm³/mol. The average molecular weight is 255 g/mol. The standard InChI is InChI=1S/C15H17N3O/c1-10(2)13(8-16)15-17-9-14(18-15)11-4-6-12(19-3)7-5-11/h4-7,9-10,13H,1-3H3,(H,17,18). The van der Waals surface area contributed by atoms with Crippen molar-refractivity contribution in [1.82, 2.24) is 9.97 Å². The molecule has 0 amide bonds. The van der Waals surface area contributed by atoms with E-state index in [0.29, 0.717) is 0 Å². The molecule has 1 atom stereocenters. The number of imidazole rings is 1. The molecule has 0 radical (unpaired) electrons. The van der Waals surface area contributed by atoms with Crippen molar-refractivity contribution in [1.29, 1.82) is 5.26 Å². The average Bonchev–Trinajstić information content (AvgIpc) is 2.89. The summed E-state index contributed by atoms with van der Waals surface area (Å²) < 4.78 is 5.13. The Hall–Kier alpha value is -2.28. The van der Waals surface area contributed by atoms with Gasteiger partial charge >= 0.3 is 0 Å². The van der Waals surface area contributed by atoms with Gasteiger partial charge < -0.3 is 9.72 Å². The lowest BCUT2D eigenvalue weighted by Crippen LogP contribution is -2.05. The minimum absolute atomic E-state index is 0.202. The summed E-state index contributed by atoms with van der Waals surface area (Å²) in [5, 5.41) is 9.17. The fourth-order valence-electron chi connectivity index (χ4n) is 1.94. The van der Waals surface area contributed by atoms with E-state index in [1.807, 2.05) is 38.1 Å². The van der Waals surface area contributed by atoms with Crippen LogP contribution >= 0.6 is 0 Å². The highest BCUT2D eigenvalue weighted by molar-refractivity contribution is 5.59.